The molecule has 1 fully saturated rings. The van der Waals surface area contributed by atoms with E-state index in [0.29, 0.717) is 0 Å². The summed E-state index contributed by atoms with van der Waals surface area (Å²) in [5.41, 5.74) is 0. The normalized spacial score (nSPS) is 21.4. The standard InChI is InChI=1S/C10H19F3N2O2S/c11-10(12,13)5-1-2-7-15-18(16,17)8-9-4-3-6-14-9/h9,14-15H,1-8H2. The van der Waals surface area contributed by atoms with Crippen molar-refractivity contribution in [3.8, 4) is 0 Å². The number of sulfonamides is 1. The van der Waals surface area contributed by atoms with Crippen LogP contribution in [0.4, 0.5) is 13.2 Å². The van der Waals surface area contributed by atoms with Crippen LogP contribution in [0, 0.1) is 0 Å². The van der Waals surface area contributed by atoms with Crippen LogP contribution in [0.25, 0.3) is 0 Å². The van der Waals surface area contributed by atoms with Gasteiger partial charge >= 0.3 is 6.18 Å². The van der Waals surface area contributed by atoms with E-state index in [2.05, 4.69) is 10.0 Å². The van der Waals surface area contributed by atoms with Crippen molar-refractivity contribution < 1.29 is 21.6 Å². The predicted molar refractivity (Wildman–Crippen MR) is 62.7 cm³/mol. The predicted octanol–water partition coefficient (Wildman–Crippen LogP) is 1.39. The van der Waals surface area contributed by atoms with Crippen LogP contribution in [0.2, 0.25) is 0 Å². The van der Waals surface area contributed by atoms with Gasteiger partial charge in [-0.25, -0.2) is 13.1 Å². The Morgan fingerprint density at radius 3 is 2.56 bits per heavy atom. The number of hydrogen-bond donors (Lipinski definition) is 2. The summed E-state index contributed by atoms with van der Waals surface area (Å²) in [5.74, 6) is 0.00622. The summed E-state index contributed by atoms with van der Waals surface area (Å²) in [6.07, 6.45) is -3.07. The molecule has 1 aliphatic rings. The molecule has 1 unspecified atom stereocenters. The van der Waals surface area contributed by atoms with Gasteiger partial charge in [0.05, 0.1) is 5.75 Å². The van der Waals surface area contributed by atoms with Gasteiger partial charge in [0.15, 0.2) is 0 Å². The third kappa shape index (κ3) is 7.17. The van der Waals surface area contributed by atoms with E-state index in [1.807, 2.05) is 0 Å². The van der Waals surface area contributed by atoms with Gasteiger partial charge in [-0.2, -0.15) is 13.2 Å². The summed E-state index contributed by atoms with van der Waals surface area (Å²) >= 11 is 0. The highest BCUT2D eigenvalue weighted by Gasteiger charge is 2.26. The van der Waals surface area contributed by atoms with E-state index in [9.17, 15) is 21.6 Å². The summed E-state index contributed by atoms with van der Waals surface area (Å²) in [5, 5.41) is 3.07. The van der Waals surface area contributed by atoms with Crippen LogP contribution in [0.3, 0.4) is 0 Å². The van der Waals surface area contributed by atoms with E-state index in [1.165, 1.54) is 0 Å². The SMILES string of the molecule is O=S(=O)(CC1CCCN1)NCCCCC(F)(F)F. The molecule has 18 heavy (non-hydrogen) atoms. The molecule has 108 valence electrons. The number of hydrogen-bond acceptors (Lipinski definition) is 3. The second-order valence-corrected chi connectivity index (χ2v) is 6.39. The summed E-state index contributed by atoms with van der Waals surface area (Å²) in [4.78, 5) is 0. The number of alkyl halides is 3. The quantitative estimate of drug-likeness (QED) is 0.696. The van der Waals surface area contributed by atoms with Gasteiger partial charge in [0.25, 0.3) is 0 Å². The maximum Gasteiger partial charge on any atom is 0.389 e. The smallest absolute Gasteiger partial charge is 0.313 e. The molecular weight excluding hydrogens is 269 g/mol. The van der Waals surface area contributed by atoms with Crippen LogP contribution >= 0.6 is 0 Å². The van der Waals surface area contributed by atoms with E-state index in [0.717, 1.165) is 19.4 Å². The first kappa shape index (κ1) is 15.7. The molecule has 1 saturated heterocycles. The first-order chi connectivity index (χ1) is 8.29. The fourth-order valence-corrected chi connectivity index (χ4v) is 3.29. The summed E-state index contributed by atoms with van der Waals surface area (Å²) < 4.78 is 61.0. The Hall–Kier alpha value is -0.340. The van der Waals surface area contributed by atoms with Gasteiger partial charge in [0.1, 0.15) is 0 Å². The molecule has 0 bridgehead atoms. The highest BCUT2D eigenvalue weighted by Crippen LogP contribution is 2.21. The number of rotatable bonds is 7. The van der Waals surface area contributed by atoms with Crippen molar-refractivity contribution >= 4 is 10.0 Å². The molecule has 0 radical (unpaired) electrons. The van der Waals surface area contributed by atoms with Crippen LogP contribution in [-0.2, 0) is 10.0 Å². The Kier molecular flexibility index (Phi) is 5.87. The first-order valence-corrected chi connectivity index (χ1v) is 7.71. The van der Waals surface area contributed by atoms with Gasteiger partial charge in [-0.3, -0.25) is 0 Å². The van der Waals surface area contributed by atoms with Crippen molar-refractivity contribution in [3.05, 3.63) is 0 Å². The minimum atomic E-state index is -4.16. The minimum Gasteiger partial charge on any atom is -0.313 e. The summed E-state index contributed by atoms with van der Waals surface area (Å²) in [6, 6.07) is -0.0299. The second kappa shape index (κ2) is 6.72. The molecule has 0 amide bonds. The number of unbranched alkanes of at least 4 members (excludes halogenated alkanes) is 1. The van der Waals surface area contributed by atoms with Crippen molar-refractivity contribution in [2.45, 2.75) is 44.3 Å². The molecule has 0 aromatic heterocycles. The average molecular weight is 288 g/mol. The Bertz CT molecular complexity index is 338. The van der Waals surface area contributed by atoms with E-state index >= 15 is 0 Å². The molecule has 0 aliphatic carbocycles. The molecule has 0 spiro atoms. The Morgan fingerprint density at radius 2 is 2.00 bits per heavy atom. The fraction of sp³-hybridized carbons (Fsp3) is 1.00. The van der Waals surface area contributed by atoms with E-state index in [1.54, 1.807) is 0 Å². The second-order valence-electron chi connectivity index (χ2n) is 4.54. The third-order valence-electron chi connectivity index (χ3n) is 2.79. The van der Waals surface area contributed by atoms with Crippen LogP contribution in [0.1, 0.15) is 32.1 Å². The van der Waals surface area contributed by atoms with E-state index in [4.69, 9.17) is 0 Å². The third-order valence-corrected chi connectivity index (χ3v) is 4.28. The van der Waals surface area contributed by atoms with Crippen LogP contribution in [-0.4, -0.2) is 39.5 Å². The molecule has 1 heterocycles. The minimum absolute atomic E-state index is 0.00622. The number of halogens is 3. The van der Waals surface area contributed by atoms with Crippen molar-refractivity contribution in [1.29, 1.82) is 0 Å². The molecule has 1 aliphatic heterocycles. The molecule has 8 heteroatoms. The fourth-order valence-electron chi connectivity index (χ4n) is 1.90. The molecule has 0 saturated carbocycles. The highest BCUT2D eigenvalue weighted by atomic mass is 32.2. The molecular formula is C10H19F3N2O2S. The molecule has 1 rings (SSSR count). The van der Waals surface area contributed by atoms with Gasteiger partial charge < -0.3 is 5.32 Å². The van der Waals surface area contributed by atoms with Gasteiger partial charge in [0, 0.05) is 19.0 Å². The molecule has 1 atom stereocenters. The maximum absolute atomic E-state index is 11.8. The lowest BCUT2D eigenvalue weighted by Crippen LogP contribution is -2.37. The van der Waals surface area contributed by atoms with Gasteiger partial charge in [-0.15, -0.1) is 0 Å². The topological polar surface area (TPSA) is 58.2 Å². The summed E-state index contributed by atoms with van der Waals surface area (Å²) in [7, 11) is -3.37. The zero-order chi connectivity index (χ0) is 13.6. The van der Waals surface area contributed by atoms with Gasteiger partial charge in [0.2, 0.25) is 10.0 Å². The lowest BCUT2D eigenvalue weighted by Gasteiger charge is -2.12. The average Bonchev–Trinajstić information content (AvgIpc) is 2.67. The Balaban J connectivity index is 2.13. The lowest BCUT2D eigenvalue weighted by molar-refractivity contribution is -0.135. The van der Waals surface area contributed by atoms with Crippen molar-refractivity contribution in [3.63, 3.8) is 0 Å². The van der Waals surface area contributed by atoms with Crippen molar-refractivity contribution in [1.82, 2.24) is 10.0 Å². The molecule has 0 aromatic rings. The Labute approximate surface area is 105 Å². The van der Waals surface area contributed by atoms with E-state index < -0.39 is 22.6 Å². The monoisotopic (exact) mass is 288 g/mol. The van der Waals surface area contributed by atoms with Crippen molar-refractivity contribution in [2.24, 2.45) is 0 Å². The molecule has 0 aromatic carbocycles. The zero-order valence-electron chi connectivity index (χ0n) is 10.1. The number of nitrogens with one attached hydrogen (secondary N) is 2. The Morgan fingerprint density at radius 1 is 1.28 bits per heavy atom. The lowest BCUT2D eigenvalue weighted by atomic mass is 10.2. The van der Waals surface area contributed by atoms with E-state index in [-0.39, 0.29) is 31.2 Å². The molecule has 4 nitrogen and oxygen atoms in total. The largest absolute Gasteiger partial charge is 0.389 e. The highest BCUT2D eigenvalue weighted by molar-refractivity contribution is 7.89. The van der Waals surface area contributed by atoms with Crippen LogP contribution in [0.5, 0.6) is 0 Å². The van der Waals surface area contributed by atoms with Crippen LogP contribution in [0.15, 0.2) is 0 Å². The zero-order valence-corrected chi connectivity index (χ0v) is 10.9. The maximum atomic E-state index is 11.8. The van der Waals surface area contributed by atoms with Crippen LogP contribution < -0.4 is 10.0 Å². The molecule has 2 N–H and O–H groups in total. The van der Waals surface area contributed by atoms with Gasteiger partial charge in [-0.05, 0) is 32.2 Å². The van der Waals surface area contributed by atoms with Gasteiger partial charge in [-0.1, -0.05) is 0 Å². The first-order valence-electron chi connectivity index (χ1n) is 6.06. The van der Waals surface area contributed by atoms with Crippen molar-refractivity contribution in [2.75, 3.05) is 18.8 Å². The summed E-state index contributed by atoms with van der Waals surface area (Å²) in [6.45, 7) is 0.900.